The average molecular weight is 378 g/mol. The number of anilines is 1. The van der Waals surface area contributed by atoms with E-state index in [2.05, 4.69) is 0 Å². The lowest BCUT2D eigenvalue weighted by atomic mass is 10.2. The fraction of sp³-hybridized carbons (Fsp3) is 0.176. The second kappa shape index (κ2) is 7.83. The minimum Gasteiger partial charge on any atom is -0.454 e. The van der Waals surface area contributed by atoms with Gasteiger partial charge in [-0.3, -0.25) is 18.7 Å². The Balaban J connectivity index is 2.11. The first-order chi connectivity index (χ1) is 12.2. The number of carbonyl (C=O) groups is 2. The molecule has 1 aromatic carbocycles. The lowest BCUT2D eigenvalue weighted by molar-refractivity contribution is -0.136. The lowest BCUT2D eigenvalue weighted by Gasteiger charge is -2.10. The number of halogens is 1. The Bertz CT molecular complexity index is 1020. The number of hydrogen-bond donors (Lipinski definition) is 1. The van der Waals surface area contributed by atoms with Gasteiger partial charge >= 0.3 is 11.7 Å². The van der Waals surface area contributed by atoms with E-state index >= 15 is 0 Å². The molecule has 1 aromatic heterocycles. The van der Waals surface area contributed by atoms with Gasteiger partial charge in [-0.1, -0.05) is 23.7 Å². The molecule has 0 aliphatic rings. The van der Waals surface area contributed by atoms with Gasteiger partial charge in [-0.2, -0.15) is 0 Å². The quantitative estimate of drug-likeness (QED) is 0.467. The maximum Gasteiger partial charge on any atom is 0.332 e. The molecule has 0 unspecified atom stereocenters. The van der Waals surface area contributed by atoms with Gasteiger partial charge in [0.05, 0.1) is 0 Å². The van der Waals surface area contributed by atoms with E-state index in [1.807, 2.05) is 0 Å². The largest absolute Gasteiger partial charge is 0.454 e. The molecule has 26 heavy (non-hydrogen) atoms. The summed E-state index contributed by atoms with van der Waals surface area (Å²) in [6.07, 6.45) is 2.60. The van der Waals surface area contributed by atoms with Crippen molar-refractivity contribution in [1.82, 2.24) is 9.13 Å². The van der Waals surface area contributed by atoms with E-state index in [0.717, 1.165) is 15.2 Å². The standard InChI is InChI=1S/C17H16ClN3O5/c1-20-15(19)14(16(24)21(2)17(20)25)12(22)9-26-13(23)7-6-10-4-3-5-11(18)8-10/h3-8H,9,19H2,1-2H3/b7-6+. The highest BCUT2D eigenvalue weighted by molar-refractivity contribution is 6.30. The summed E-state index contributed by atoms with van der Waals surface area (Å²) in [6.45, 7) is -0.684. The first kappa shape index (κ1) is 19.2. The van der Waals surface area contributed by atoms with Gasteiger partial charge in [0.15, 0.2) is 6.61 Å². The number of esters is 1. The van der Waals surface area contributed by atoms with E-state index in [1.54, 1.807) is 24.3 Å². The molecule has 0 saturated heterocycles. The van der Waals surface area contributed by atoms with Crippen LogP contribution in [-0.4, -0.2) is 27.5 Å². The Hall–Kier alpha value is -3.13. The fourth-order valence-corrected chi connectivity index (χ4v) is 2.35. The average Bonchev–Trinajstić information content (AvgIpc) is 2.61. The predicted molar refractivity (Wildman–Crippen MR) is 97.1 cm³/mol. The number of aromatic nitrogens is 2. The summed E-state index contributed by atoms with van der Waals surface area (Å²) in [4.78, 5) is 47.7. The molecule has 2 N–H and O–H groups in total. The second-order valence-electron chi connectivity index (χ2n) is 5.39. The van der Waals surface area contributed by atoms with Crippen LogP contribution in [0.2, 0.25) is 5.02 Å². The SMILES string of the molecule is Cn1c(N)c(C(=O)COC(=O)/C=C/c2cccc(Cl)c2)c(=O)n(C)c1=O. The molecule has 2 rings (SSSR count). The Morgan fingerprint density at radius 1 is 1.23 bits per heavy atom. The van der Waals surface area contributed by atoms with Crippen LogP contribution in [0.25, 0.3) is 6.08 Å². The highest BCUT2D eigenvalue weighted by atomic mass is 35.5. The molecular weight excluding hydrogens is 362 g/mol. The van der Waals surface area contributed by atoms with Crippen LogP contribution in [0.4, 0.5) is 5.82 Å². The molecule has 0 aliphatic heterocycles. The monoisotopic (exact) mass is 377 g/mol. The molecule has 0 amide bonds. The molecule has 2 aromatic rings. The predicted octanol–water partition coefficient (Wildman–Crippen LogP) is 0.759. The number of carbonyl (C=O) groups excluding carboxylic acids is 2. The zero-order valence-electron chi connectivity index (χ0n) is 14.1. The van der Waals surface area contributed by atoms with Crippen LogP contribution in [0, 0.1) is 0 Å². The minimum absolute atomic E-state index is 0.284. The Morgan fingerprint density at radius 2 is 1.92 bits per heavy atom. The molecule has 1 heterocycles. The van der Waals surface area contributed by atoms with Crippen LogP contribution in [-0.2, 0) is 23.6 Å². The third-order valence-electron chi connectivity index (χ3n) is 3.59. The summed E-state index contributed by atoms with van der Waals surface area (Å²) >= 11 is 5.83. The lowest BCUT2D eigenvalue weighted by Crippen LogP contribution is -2.42. The first-order valence-corrected chi connectivity index (χ1v) is 7.79. The van der Waals surface area contributed by atoms with Crippen molar-refractivity contribution in [2.24, 2.45) is 14.1 Å². The number of hydrogen-bond acceptors (Lipinski definition) is 6. The molecule has 0 spiro atoms. The van der Waals surface area contributed by atoms with E-state index in [-0.39, 0.29) is 5.82 Å². The molecule has 0 radical (unpaired) electrons. The van der Waals surface area contributed by atoms with Gasteiger partial charge in [-0.05, 0) is 23.8 Å². The van der Waals surface area contributed by atoms with Crippen molar-refractivity contribution in [3.63, 3.8) is 0 Å². The van der Waals surface area contributed by atoms with E-state index in [0.29, 0.717) is 10.6 Å². The zero-order valence-corrected chi connectivity index (χ0v) is 14.8. The van der Waals surface area contributed by atoms with Crippen LogP contribution in [0.3, 0.4) is 0 Å². The van der Waals surface area contributed by atoms with Gasteiger partial charge in [-0.15, -0.1) is 0 Å². The van der Waals surface area contributed by atoms with Gasteiger partial charge in [0.1, 0.15) is 11.4 Å². The molecule has 9 heteroatoms. The Kier molecular flexibility index (Phi) is 5.78. The number of nitrogens with zero attached hydrogens (tertiary/aromatic N) is 2. The second-order valence-corrected chi connectivity index (χ2v) is 5.82. The van der Waals surface area contributed by atoms with Crippen molar-refractivity contribution in [3.05, 3.63) is 67.3 Å². The number of rotatable bonds is 5. The van der Waals surface area contributed by atoms with Gasteiger partial charge in [0, 0.05) is 25.2 Å². The number of nitrogens with two attached hydrogens (primary N) is 1. The minimum atomic E-state index is -0.846. The van der Waals surface area contributed by atoms with Crippen molar-refractivity contribution in [2.45, 2.75) is 0 Å². The third-order valence-corrected chi connectivity index (χ3v) is 3.83. The van der Waals surface area contributed by atoms with Gasteiger partial charge in [-0.25, -0.2) is 9.59 Å². The summed E-state index contributed by atoms with van der Waals surface area (Å²) in [5.41, 5.74) is 4.44. The molecule has 0 saturated carbocycles. The van der Waals surface area contributed by atoms with Crippen LogP contribution in [0.15, 0.2) is 39.9 Å². The van der Waals surface area contributed by atoms with Crippen molar-refractivity contribution < 1.29 is 14.3 Å². The Morgan fingerprint density at radius 3 is 2.58 bits per heavy atom. The third kappa shape index (κ3) is 4.09. The number of nitrogen functional groups attached to an aromatic ring is 1. The van der Waals surface area contributed by atoms with Crippen LogP contribution >= 0.6 is 11.6 Å². The maximum atomic E-state index is 12.2. The first-order valence-electron chi connectivity index (χ1n) is 7.41. The molecule has 136 valence electrons. The molecule has 0 bridgehead atoms. The topological polar surface area (TPSA) is 113 Å². The fourth-order valence-electron chi connectivity index (χ4n) is 2.15. The molecule has 0 fully saturated rings. The zero-order chi connectivity index (χ0) is 19.4. The highest BCUT2D eigenvalue weighted by Gasteiger charge is 2.21. The summed E-state index contributed by atoms with van der Waals surface area (Å²) in [7, 11) is 2.55. The number of ether oxygens (including phenoxy) is 1. The Labute approximate surface area is 153 Å². The van der Waals surface area contributed by atoms with E-state index in [1.165, 1.54) is 20.2 Å². The summed E-state index contributed by atoms with van der Waals surface area (Å²) in [5, 5.41) is 0.511. The number of ketones is 1. The van der Waals surface area contributed by atoms with Crippen LogP contribution in [0.1, 0.15) is 15.9 Å². The van der Waals surface area contributed by atoms with E-state index in [9.17, 15) is 19.2 Å². The van der Waals surface area contributed by atoms with E-state index < -0.39 is 35.2 Å². The number of Topliss-reactive ketones (excluding diaryl/α,β-unsaturated/α-hetero) is 1. The van der Waals surface area contributed by atoms with Crippen LogP contribution in [0.5, 0.6) is 0 Å². The molecule has 0 aliphatic carbocycles. The summed E-state index contributed by atoms with van der Waals surface area (Å²) < 4.78 is 6.55. The summed E-state index contributed by atoms with van der Waals surface area (Å²) in [6, 6.07) is 6.78. The van der Waals surface area contributed by atoms with E-state index in [4.69, 9.17) is 22.1 Å². The van der Waals surface area contributed by atoms with Crippen molar-refractivity contribution in [3.8, 4) is 0 Å². The van der Waals surface area contributed by atoms with Gasteiger partial charge in [0.2, 0.25) is 5.78 Å². The van der Waals surface area contributed by atoms with Crippen molar-refractivity contribution in [2.75, 3.05) is 12.3 Å². The normalized spacial score (nSPS) is 10.9. The van der Waals surface area contributed by atoms with Gasteiger partial charge < -0.3 is 10.5 Å². The van der Waals surface area contributed by atoms with Crippen LogP contribution < -0.4 is 17.0 Å². The highest BCUT2D eigenvalue weighted by Crippen LogP contribution is 2.12. The molecule has 8 nitrogen and oxygen atoms in total. The van der Waals surface area contributed by atoms with Gasteiger partial charge in [0.25, 0.3) is 5.56 Å². The smallest absolute Gasteiger partial charge is 0.332 e. The molecular formula is C17H16ClN3O5. The summed E-state index contributed by atoms with van der Waals surface area (Å²) in [5.74, 6) is -1.87. The number of benzene rings is 1. The maximum absolute atomic E-state index is 12.2. The van der Waals surface area contributed by atoms with Crippen molar-refractivity contribution in [1.29, 1.82) is 0 Å². The van der Waals surface area contributed by atoms with Crippen molar-refractivity contribution >= 4 is 35.2 Å². The molecule has 0 atom stereocenters.